The quantitative estimate of drug-likeness (QED) is 0.0773. The predicted molar refractivity (Wildman–Crippen MR) is 151 cm³/mol. The number of alkyl halides is 1. The molecule has 226 valence electrons. The van der Waals surface area contributed by atoms with Crippen molar-refractivity contribution >= 4 is 63.1 Å². The number of carboxylic acids is 1. The Balaban J connectivity index is 1.22. The van der Waals surface area contributed by atoms with Crippen molar-refractivity contribution in [3.63, 3.8) is 0 Å². The molecule has 4 N–H and O–H groups in total. The van der Waals surface area contributed by atoms with E-state index in [0.717, 1.165) is 47.9 Å². The number of hydrogen-bond acceptors (Lipinski definition) is 13. The lowest BCUT2D eigenvalue weighted by Gasteiger charge is -2.50. The number of nitrogens with two attached hydrogens (primary N) is 1. The van der Waals surface area contributed by atoms with Crippen LogP contribution in [0, 0.1) is 0 Å². The Morgan fingerprint density at radius 1 is 1.35 bits per heavy atom. The Morgan fingerprint density at radius 3 is 2.88 bits per heavy atom. The molecule has 0 aliphatic carbocycles. The van der Waals surface area contributed by atoms with Gasteiger partial charge in [0.2, 0.25) is 17.9 Å². The number of rotatable bonds is 10. The van der Waals surface area contributed by atoms with Crippen molar-refractivity contribution < 1.29 is 33.3 Å². The number of pyridine rings is 1. The molecular weight excluding hydrogens is 603 g/mol. The summed E-state index contributed by atoms with van der Waals surface area (Å²) in [6.45, 7) is 0.801. The maximum absolute atomic E-state index is 13.2. The molecule has 18 heteroatoms. The SMILES string of the molecule is Nc1nc(/C(=N/OCCF)C(=O)NC2C(=O)N3C(C(=O)[O-])=C(C[n+]4cccc5c4ncn5C4CCNCC4)CSC23)ns1. The minimum atomic E-state index is -1.49. The Kier molecular flexibility index (Phi) is 8.22. The van der Waals surface area contributed by atoms with Crippen molar-refractivity contribution in [2.24, 2.45) is 5.16 Å². The summed E-state index contributed by atoms with van der Waals surface area (Å²) in [6.07, 6.45) is 5.61. The van der Waals surface area contributed by atoms with E-state index < -0.39 is 48.2 Å². The van der Waals surface area contributed by atoms with Gasteiger partial charge in [0.25, 0.3) is 11.8 Å². The zero-order valence-corrected chi connectivity index (χ0v) is 24.3. The first-order chi connectivity index (χ1) is 20.9. The highest BCUT2D eigenvalue weighted by Crippen LogP contribution is 2.40. The zero-order valence-electron chi connectivity index (χ0n) is 22.6. The van der Waals surface area contributed by atoms with E-state index in [4.69, 9.17) is 10.6 Å². The first-order valence-corrected chi connectivity index (χ1v) is 15.3. The van der Waals surface area contributed by atoms with Gasteiger partial charge in [0.1, 0.15) is 36.8 Å². The highest BCUT2D eigenvalue weighted by Gasteiger charge is 2.53. The van der Waals surface area contributed by atoms with Gasteiger partial charge in [-0.05, 0) is 43.0 Å². The predicted octanol–water partition coefficient (Wildman–Crippen LogP) is -1.52. The number of anilines is 1. The molecule has 0 saturated carbocycles. The molecule has 0 aromatic carbocycles. The van der Waals surface area contributed by atoms with Crippen LogP contribution in [0.4, 0.5) is 9.52 Å². The van der Waals surface area contributed by atoms with Gasteiger partial charge in [0.05, 0.1) is 17.9 Å². The number of aliphatic carboxylic acids is 1. The molecule has 3 aliphatic heterocycles. The molecular formula is C25H27FN10O5S2. The minimum Gasteiger partial charge on any atom is -0.543 e. The van der Waals surface area contributed by atoms with E-state index in [1.165, 1.54) is 11.8 Å². The number of amides is 2. The lowest BCUT2D eigenvalue weighted by Crippen LogP contribution is -2.71. The van der Waals surface area contributed by atoms with Crippen LogP contribution < -0.4 is 26.0 Å². The molecule has 0 spiro atoms. The minimum absolute atomic E-state index is 0.0672. The Bertz CT molecular complexity index is 1640. The normalized spacial score (nSPS) is 21.1. The third-order valence-corrected chi connectivity index (χ3v) is 9.27. The Hall–Kier alpha value is -4.16. The van der Waals surface area contributed by atoms with Crippen LogP contribution in [-0.2, 0) is 25.8 Å². The summed E-state index contributed by atoms with van der Waals surface area (Å²) in [6, 6.07) is 3.14. The summed E-state index contributed by atoms with van der Waals surface area (Å²) < 4.78 is 20.5. The summed E-state index contributed by atoms with van der Waals surface area (Å²) >= 11 is 2.13. The second kappa shape index (κ2) is 12.2. The molecule has 2 unspecified atom stereocenters. The van der Waals surface area contributed by atoms with Gasteiger partial charge in [0, 0.05) is 28.9 Å². The van der Waals surface area contributed by atoms with Crippen LogP contribution in [0.1, 0.15) is 24.7 Å². The molecule has 2 fully saturated rings. The first kappa shape index (κ1) is 28.9. The number of carboxylic acid groups (broad SMARTS) is 1. The fraction of sp³-hybridized carbons (Fsp3) is 0.440. The summed E-state index contributed by atoms with van der Waals surface area (Å²) in [5.41, 5.74) is 7.13. The van der Waals surface area contributed by atoms with Gasteiger partial charge in [-0.1, -0.05) is 5.16 Å². The fourth-order valence-corrected chi connectivity index (χ4v) is 7.19. The molecule has 15 nitrogen and oxygen atoms in total. The van der Waals surface area contributed by atoms with Crippen LogP contribution >= 0.6 is 23.3 Å². The van der Waals surface area contributed by atoms with E-state index in [1.807, 2.05) is 29.2 Å². The van der Waals surface area contributed by atoms with E-state index in [9.17, 15) is 23.9 Å². The summed E-state index contributed by atoms with van der Waals surface area (Å²) in [4.78, 5) is 53.1. The standard InChI is InChI=1S/C25H27FN10O5S2/c26-5-9-41-32-16(19-31-25(27)43-33-19)21(37)30-17-22(38)36-18(24(39)40)13(11-42-23(17)36)10-34-8-1-2-15-20(34)29-12-35(15)14-3-6-28-7-4-14/h1-2,8,12,14,17,23,28H,3-7,9-11H2,(H3-,27,30,31,33,37,39,40)/b32-16-. The number of nitrogens with one attached hydrogen (secondary N) is 2. The molecule has 0 bridgehead atoms. The number of halogens is 1. The third kappa shape index (κ3) is 5.52. The zero-order chi connectivity index (χ0) is 30.1. The number of carbonyl (C=O) groups is 3. The molecule has 2 amide bonds. The number of piperidine rings is 1. The van der Waals surface area contributed by atoms with Gasteiger partial charge in [-0.2, -0.15) is 9.36 Å². The average Bonchev–Trinajstić information content (AvgIpc) is 3.65. The van der Waals surface area contributed by atoms with E-state index >= 15 is 0 Å². The second-order valence-electron chi connectivity index (χ2n) is 10.00. The van der Waals surface area contributed by atoms with Crippen molar-refractivity contribution in [3.8, 4) is 0 Å². The van der Waals surface area contributed by atoms with Crippen LogP contribution in [0.5, 0.6) is 0 Å². The van der Waals surface area contributed by atoms with Gasteiger partial charge in [-0.25, -0.2) is 8.96 Å². The van der Waals surface area contributed by atoms with Crippen LogP contribution in [-0.4, -0.2) is 90.8 Å². The molecule has 6 rings (SSSR count). The number of β-lactam (4-membered cyclic amide) rings is 1. The highest BCUT2D eigenvalue weighted by atomic mass is 32.2. The highest BCUT2D eigenvalue weighted by molar-refractivity contribution is 8.00. The maximum atomic E-state index is 13.2. The van der Waals surface area contributed by atoms with Gasteiger partial charge in [0.15, 0.2) is 5.13 Å². The fourth-order valence-electron chi connectivity index (χ4n) is 5.42. The van der Waals surface area contributed by atoms with E-state index in [2.05, 4.69) is 34.7 Å². The van der Waals surface area contributed by atoms with Crippen LogP contribution in [0.15, 0.2) is 41.1 Å². The van der Waals surface area contributed by atoms with Crippen LogP contribution in [0.2, 0.25) is 0 Å². The smallest absolute Gasteiger partial charge is 0.349 e. The van der Waals surface area contributed by atoms with Gasteiger partial charge >= 0.3 is 5.65 Å². The molecule has 0 radical (unpaired) electrons. The summed E-state index contributed by atoms with van der Waals surface area (Å²) in [7, 11) is 0. The van der Waals surface area contributed by atoms with Crippen molar-refractivity contribution in [2.45, 2.75) is 36.8 Å². The monoisotopic (exact) mass is 630 g/mol. The van der Waals surface area contributed by atoms with Gasteiger partial charge < -0.3 is 35.7 Å². The summed E-state index contributed by atoms with van der Waals surface area (Å²) in [5.74, 6) is -2.85. The summed E-state index contributed by atoms with van der Waals surface area (Å²) in [5, 5.41) is 21.3. The maximum Gasteiger partial charge on any atom is 0.349 e. The number of fused-ring (bicyclic) bond motifs is 2. The third-order valence-electron chi connectivity index (χ3n) is 7.39. The molecule has 3 aromatic heterocycles. The van der Waals surface area contributed by atoms with Gasteiger partial charge in [-0.3, -0.25) is 14.5 Å². The van der Waals surface area contributed by atoms with Crippen molar-refractivity contribution in [3.05, 3.63) is 41.8 Å². The second-order valence-corrected chi connectivity index (χ2v) is 11.9. The number of carbonyl (C=O) groups excluding carboxylic acids is 3. The number of nitrogens with zero attached hydrogens (tertiary/aromatic N) is 7. The first-order valence-electron chi connectivity index (χ1n) is 13.5. The number of oxime groups is 1. The number of imidazole rings is 1. The Morgan fingerprint density at radius 2 is 2.16 bits per heavy atom. The van der Waals surface area contributed by atoms with Crippen molar-refractivity contribution in [2.75, 3.05) is 37.9 Å². The molecule has 6 heterocycles. The van der Waals surface area contributed by atoms with Gasteiger partial charge in [-0.15, -0.1) is 11.8 Å². The topological polar surface area (TPSA) is 197 Å². The lowest BCUT2D eigenvalue weighted by atomic mass is 10.0. The number of nitrogen functional groups attached to an aromatic ring is 1. The van der Waals surface area contributed by atoms with E-state index in [0.29, 0.717) is 17.3 Å². The number of aromatic nitrogens is 5. The van der Waals surface area contributed by atoms with Crippen LogP contribution in [0.25, 0.3) is 11.2 Å². The largest absolute Gasteiger partial charge is 0.543 e. The lowest BCUT2D eigenvalue weighted by molar-refractivity contribution is -0.664. The molecule has 2 atom stereocenters. The molecule has 3 aromatic rings. The molecule has 2 saturated heterocycles. The van der Waals surface area contributed by atoms with E-state index in [1.54, 1.807) is 0 Å². The van der Waals surface area contributed by atoms with E-state index in [-0.39, 0.29) is 29.0 Å². The van der Waals surface area contributed by atoms with Crippen LogP contribution in [0.3, 0.4) is 0 Å². The molecule has 43 heavy (non-hydrogen) atoms. The van der Waals surface area contributed by atoms with Crippen molar-refractivity contribution in [1.29, 1.82) is 0 Å². The molecule has 3 aliphatic rings. The van der Waals surface area contributed by atoms with Crippen molar-refractivity contribution in [1.82, 2.24) is 34.4 Å². The number of thioether (sulfide) groups is 1. The Labute approximate surface area is 252 Å². The number of hydrogen-bond donors (Lipinski definition) is 3. The average molecular weight is 631 g/mol.